The third kappa shape index (κ3) is 2.51. The molecule has 84 valence electrons. The van der Waals surface area contributed by atoms with Gasteiger partial charge in [-0.2, -0.15) is 4.80 Å². The zero-order valence-electron chi connectivity index (χ0n) is 9.13. The topological polar surface area (TPSA) is 78.9 Å². The van der Waals surface area contributed by atoms with E-state index in [4.69, 9.17) is 10.5 Å². The van der Waals surface area contributed by atoms with Crippen LogP contribution in [0.1, 0.15) is 18.7 Å². The van der Waals surface area contributed by atoms with E-state index in [1.165, 1.54) is 17.6 Å². The number of methoxy groups -OCH3 is 1. The van der Waals surface area contributed by atoms with E-state index in [0.29, 0.717) is 18.2 Å². The van der Waals surface area contributed by atoms with Crippen molar-refractivity contribution in [3.8, 4) is 0 Å². The second kappa shape index (κ2) is 4.24. The molecule has 1 aromatic rings. The normalized spacial score (nSPS) is 20.2. The molecule has 2 atom stereocenters. The maximum Gasteiger partial charge on any atom is 0.176 e. The quantitative estimate of drug-likeness (QED) is 0.710. The van der Waals surface area contributed by atoms with E-state index >= 15 is 0 Å². The molecule has 0 aromatic carbocycles. The standard InChI is InChI=1S/C9H17N5O/c1-14-12-8(11-13-14)5-7(10)9(15-2)6-3-4-6/h6-7,9H,3-5,10H2,1-2H3. The Hall–Kier alpha value is -1.01. The lowest BCUT2D eigenvalue weighted by molar-refractivity contribution is 0.0621. The molecule has 1 fully saturated rings. The Balaban J connectivity index is 1.92. The zero-order valence-corrected chi connectivity index (χ0v) is 9.13. The maximum atomic E-state index is 6.07. The van der Waals surface area contributed by atoms with E-state index in [1.807, 2.05) is 0 Å². The molecule has 15 heavy (non-hydrogen) atoms. The molecule has 0 saturated heterocycles. The minimum Gasteiger partial charge on any atom is -0.380 e. The van der Waals surface area contributed by atoms with Gasteiger partial charge in [-0.3, -0.25) is 0 Å². The second-order valence-corrected chi connectivity index (χ2v) is 4.10. The summed E-state index contributed by atoms with van der Waals surface area (Å²) in [5.41, 5.74) is 6.07. The molecule has 2 rings (SSSR count). The van der Waals surface area contributed by atoms with Gasteiger partial charge in [-0.1, -0.05) is 0 Å². The number of rotatable bonds is 5. The molecular weight excluding hydrogens is 194 g/mol. The van der Waals surface area contributed by atoms with Gasteiger partial charge in [0.25, 0.3) is 0 Å². The first-order chi connectivity index (χ1) is 7.20. The molecule has 0 amide bonds. The second-order valence-electron chi connectivity index (χ2n) is 4.10. The predicted molar refractivity (Wildman–Crippen MR) is 54.0 cm³/mol. The van der Waals surface area contributed by atoms with Crippen molar-refractivity contribution in [1.29, 1.82) is 0 Å². The van der Waals surface area contributed by atoms with Crippen LogP contribution in [0.2, 0.25) is 0 Å². The maximum absolute atomic E-state index is 6.07. The number of aryl methyl sites for hydroxylation is 1. The molecular formula is C9H17N5O. The van der Waals surface area contributed by atoms with Crippen LogP contribution >= 0.6 is 0 Å². The van der Waals surface area contributed by atoms with Crippen molar-refractivity contribution >= 4 is 0 Å². The smallest absolute Gasteiger partial charge is 0.176 e. The highest BCUT2D eigenvalue weighted by molar-refractivity contribution is 4.93. The van der Waals surface area contributed by atoms with Gasteiger partial charge in [0.2, 0.25) is 0 Å². The molecule has 2 N–H and O–H groups in total. The van der Waals surface area contributed by atoms with Crippen molar-refractivity contribution in [1.82, 2.24) is 20.2 Å². The lowest BCUT2D eigenvalue weighted by Gasteiger charge is -2.20. The fraction of sp³-hybridized carbons (Fsp3) is 0.889. The number of aromatic nitrogens is 4. The summed E-state index contributed by atoms with van der Waals surface area (Å²) in [6, 6.07) is -0.0355. The number of ether oxygens (including phenoxy) is 1. The molecule has 0 bridgehead atoms. The van der Waals surface area contributed by atoms with Crippen LogP contribution in [0.3, 0.4) is 0 Å². The summed E-state index contributed by atoms with van der Waals surface area (Å²) in [6.07, 6.45) is 3.21. The summed E-state index contributed by atoms with van der Waals surface area (Å²) in [7, 11) is 3.46. The summed E-state index contributed by atoms with van der Waals surface area (Å²) in [5.74, 6) is 1.31. The van der Waals surface area contributed by atoms with Crippen LogP contribution in [0.15, 0.2) is 0 Å². The molecule has 2 unspecified atom stereocenters. The average Bonchev–Trinajstić information content (AvgIpc) is 2.93. The van der Waals surface area contributed by atoms with Crippen LogP contribution in [0.5, 0.6) is 0 Å². The molecule has 1 heterocycles. The van der Waals surface area contributed by atoms with Gasteiger partial charge in [0.15, 0.2) is 5.82 Å². The first-order valence-corrected chi connectivity index (χ1v) is 5.22. The third-order valence-electron chi connectivity index (χ3n) is 2.75. The minimum absolute atomic E-state index is 0.0355. The van der Waals surface area contributed by atoms with E-state index in [2.05, 4.69) is 15.4 Å². The number of hydrogen-bond donors (Lipinski definition) is 1. The lowest BCUT2D eigenvalue weighted by Crippen LogP contribution is -2.39. The van der Waals surface area contributed by atoms with Crippen molar-refractivity contribution in [3.05, 3.63) is 5.82 Å². The Bertz CT molecular complexity index is 322. The van der Waals surface area contributed by atoms with Gasteiger partial charge in [0.05, 0.1) is 13.2 Å². The highest BCUT2D eigenvalue weighted by Gasteiger charge is 2.35. The third-order valence-corrected chi connectivity index (χ3v) is 2.75. The van der Waals surface area contributed by atoms with Crippen molar-refractivity contribution in [2.24, 2.45) is 18.7 Å². The Labute approximate surface area is 88.8 Å². The molecule has 6 heteroatoms. The Kier molecular flexibility index (Phi) is 2.97. The van der Waals surface area contributed by atoms with E-state index in [1.54, 1.807) is 14.2 Å². The minimum atomic E-state index is -0.0355. The molecule has 0 spiro atoms. The SMILES string of the molecule is COC(C(N)Cc1nnn(C)n1)C1CC1. The predicted octanol–water partition coefficient (Wildman–Crippen LogP) is -0.495. The zero-order chi connectivity index (χ0) is 10.8. The van der Waals surface area contributed by atoms with Crippen LogP contribution in [-0.4, -0.2) is 39.5 Å². The van der Waals surface area contributed by atoms with Gasteiger partial charge in [0.1, 0.15) is 0 Å². The number of nitrogens with zero attached hydrogens (tertiary/aromatic N) is 4. The van der Waals surface area contributed by atoms with Crippen molar-refractivity contribution in [2.45, 2.75) is 31.4 Å². The molecule has 0 radical (unpaired) electrons. The van der Waals surface area contributed by atoms with E-state index in [-0.39, 0.29) is 12.1 Å². The Morgan fingerprint density at radius 2 is 2.33 bits per heavy atom. The van der Waals surface area contributed by atoms with Crippen LogP contribution in [-0.2, 0) is 18.2 Å². The summed E-state index contributed by atoms with van der Waals surface area (Å²) >= 11 is 0. The summed E-state index contributed by atoms with van der Waals surface area (Å²) < 4.78 is 5.41. The van der Waals surface area contributed by atoms with E-state index < -0.39 is 0 Å². The summed E-state index contributed by atoms with van der Waals surface area (Å²) in [6.45, 7) is 0. The van der Waals surface area contributed by atoms with Crippen LogP contribution in [0, 0.1) is 5.92 Å². The monoisotopic (exact) mass is 211 g/mol. The molecule has 1 aliphatic rings. The molecule has 6 nitrogen and oxygen atoms in total. The fourth-order valence-corrected chi connectivity index (χ4v) is 1.87. The van der Waals surface area contributed by atoms with Gasteiger partial charge >= 0.3 is 0 Å². The van der Waals surface area contributed by atoms with Gasteiger partial charge < -0.3 is 10.5 Å². The number of hydrogen-bond acceptors (Lipinski definition) is 5. The molecule has 1 aromatic heterocycles. The van der Waals surface area contributed by atoms with E-state index in [0.717, 1.165) is 0 Å². The Morgan fingerprint density at radius 1 is 1.60 bits per heavy atom. The molecule has 0 aliphatic heterocycles. The van der Waals surface area contributed by atoms with Crippen LogP contribution in [0.4, 0.5) is 0 Å². The highest BCUT2D eigenvalue weighted by atomic mass is 16.5. The highest BCUT2D eigenvalue weighted by Crippen LogP contribution is 2.35. The van der Waals surface area contributed by atoms with Crippen molar-refractivity contribution in [3.63, 3.8) is 0 Å². The van der Waals surface area contributed by atoms with Crippen LogP contribution in [0.25, 0.3) is 0 Å². The van der Waals surface area contributed by atoms with E-state index in [9.17, 15) is 0 Å². The first-order valence-electron chi connectivity index (χ1n) is 5.22. The molecule has 1 aliphatic carbocycles. The first kappa shape index (κ1) is 10.5. The van der Waals surface area contributed by atoms with Crippen molar-refractivity contribution < 1.29 is 4.74 Å². The van der Waals surface area contributed by atoms with Gasteiger partial charge in [-0.25, -0.2) is 0 Å². The average molecular weight is 211 g/mol. The number of nitrogens with two attached hydrogens (primary N) is 1. The van der Waals surface area contributed by atoms with Crippen molar-refractivity contribution in [2.75, 3.05) is 7.11 Å². The summed E-state index contributed by atoms with van der Waals surface area (Å²) in [5, 5.41) is 11.8. The Morgan fingerprint density at radius 3 is 2.80 bits per heavy atom. The van der Waals surface area contributed by atoms with Gasteiger partial charge in [-0.15, -0.1) is 10.2 Å². The lowest BCUT2D eigenvalue weighted by atomic mass is 10.0. The fourth-order valence-electron chi connectivity index (χ4n) is 1.87. The van der Waals surface area contributed by atoms with Gasteiger partial charge in [-0.05, 0) is 24.0 Å². The summed E-state index contributed by atoms with van der Waals surface area (Å²) in [4.78, 5) is 1.45. The number of tetrazole rings is 1. The molecule has 1 saturated carbocycles. The van der Waals surface area contributed by atoms with Crippen LogP contribution < -0.4 is 5.73 Å². The van der Waals surface area contributed by atoms with Gasteiger partial charge in [0, 0.05) is 19.6 Å². The largest absolute Gasteiger partial charge is 0.380 e.